The van der Waals surface area contributed by atoms with Crippen molar-refractivity contribution in [1.29, 1.82) is 0 Å². The Labute approximate surface area is 140 Å². The second kappa shape index (κ2) is 7.86. The highest BCUT2D eigenvalue weighted by molar-refractivity contribution is 5.75. The van der Waals surface area contributed by atoms with Gasteiger partial charge in [0.25, 0.3) is 0 Å². The highest BCUT2D eigenvalue weighted by Gasteiger charge is 2.22. The van der Waals surface area contributed by atoms with E-state index in [2.05, 4.69) is 10.3 Å². The van der Waals surface area contributed by atoms with Crippen molar-refractivity contribution < 1.29 is 13.6 Å². The summed E-state index contributed by atoms with van der Waals surface area (Å²) in [7, 11) is 1.71. The number of nitrogens with one attached hydrogen (secondary N) is 1. The van der Waals surface area contributed by atoms with Crippen molar-refractivity contribution in [3.63, 3.8) is 0 Å². The highest BCUT2D eigenvalue weighted by atomic mass is 19.2. The summed E-state index contributed by atoms with van der Waals surface area (Å²) in [4.78, 5) is 18.1. The topological polar surface area (TPSA) is 45.2 Å². The normalized spacial score (nSPS) is 13.2. The molecule has 2 amide bonds. The number of carbonyl (C=O) groups is 1. The zero-order valence-electron chi connectivity index (χ0n) is 14.0. The number of aromatic nitrogens is 1. The summed E-state index contributed by atoms with van der Waals surface area (Å²) in [6.45, 7) is 3.72. The van der Waals surface area contributed by atoms with Crippen molar-refractivity contribution in [2.75, 3.05) is 7.05 Å². The van der Waals surface area contributed by atoms with E-state index in [4.69, 9.17) is 0 Å². The first-order valence-corrected chi connectivity index (χ1v) is 7.82. The minimum Gasteiger partial charge on any atom is -0.331 e. The maximum Gasteiger partial charge on any atom is 0.318 e. The van der Waals surface area contributed by atoms with Crippen LogP contribution >= 0.6 is 0 Å². The predicted octanol–water partition coefficient (Wildman–Crippen LogP) is 4.21. The molecule has 2 atom stereocenters. The summed E-state index contributed by atoms with van der Waals surface area (Å²) >= 11 is 0. The van der Waals surface area contributed by atoms with Gasteiger partial charge < -0.3 is 10.2 Å². The molecule has 128 valence electrons. The van der Waals surface area contributed by atoms with Crippen LogP contribution in [-0.2, 0) is 0 Å². The van der Waals surface area contributed by atoms with Crippen LogP contribution in [-0.4, -0.2) is 23.0 Å². The smallest absolute Gasteiger partial charge is 0.318 e. The van der Waals surface area contributed by atoms with E-state index < -0.39 is 17.7 Å². The number of nitrogens with zero attached hydrogens (tertiary/aromatic N) is 2. The standard InChI is InChI=1S/C18H21F2N3O/c1-4-17(13-7-9-21-10-8-13)23(3)18(24)22-12(2)14-5-6-15(19)16(20)11-14/h5-12,17H,4H2,1-3H3,(H,22,24). The second-order valence-corrected chi connectivity index (χ2v) is 5.66. The average molecular weight is 333 g/mol. The molecule has 2 unspecified atom stereocenters. The fourth-order valence-corrected chi connectivity index (χ4v) is 2.61. The van der Waals surface area contributed by atoms with Crippen LogP contribution in [0, 0.1) is 11.6 Å². The number of benzene rings is 1. The van der Waals surface area contributed by atoms with Crippen LogP contribution in [0.2, 0.25) is 0 Å². The van der Waals surface area contributed by atoms with Crippen LogP contribution < -0.4 is 5.32 Å². The molecule has 2 aromatic rings. The van der Waals surface area contributed by atoms with Crippen molar-refractivity contribution in [1.82, 2.24) is 15.2 Å². The van der Waals surface area contributed by atoms with Gasteiger partial charge in [0, 0.05) is 19.4 Å². The number of pyridine rings is 1. The third-order valence-corrected chi connectivity index (χ3v) is 4.05. The quantitative estimate of drug-likeness (QED) is 0.891. The van der Waals surface area contributed by atoms with E-state index in [0.717, 1.165) is 24.1 Å². The van der Waals surface area contributed by atoms with Crippen LogP contribution in [0.1, 0.15) is 43.5 Å². The van der Waals surface area contributed by atoms with E-state index in [1.807, 2.05) is 19.1 Å². The molecule has 1 aromatic carbocycles. The third kappa shape index (κ3) is 4.07. The molecule has 6 heteroatoms. The Bertz CT molecular complexity index is 694. The lowest BCUT2D eigenvalue weighted by atomic mass is 10.0. The summed E-state index contributed by atoms with van der Waals surface area (Å²) in [6, 6.07) is 6.55. The minimum absolute atomic E-state index is 0.0925. The maximum atomic E-state index is 13.3. The zero-order chi connectivity index (χ0) is 17.7. The van der Waals surface area contributed by atoms with Crippen molar-refractivity contribution in [3.8, 4) is 0 Å². The van der Waals surface area contributed by atoms with E-state index in [1.54, 1.807) is 31.3 Å². The van der Waals surface area contributed by atoms with Gasteiger partial charge in [0.1, 0.15) is 0 Å². The number of amides is 2. The van der Waals surface area contributed by atoms with Crippen molar-refractivity contribution in [2.45, 2.75) is 32.4 Å². The summed E-state index contributed by atoms with van der Waals surface area (Å²) in [5.41, 5.74) is 1.50. The fraction of sp³-hybridized carbons (Fsp3) is 0.333. The lowest BCUT2D eigenvalue weighted by Gasteiger charge is -2.29. The molecule has 0 aliphatic heterocycles. The largest absolute Gasteiger partial charge is 0.331 e. The SMILES string of the molecule is CCC(c1ccncc1)N(C)C(=O)NC(C)c1ccc(F)c(F)c1. The number of halogens is 2. The number of hydrogen-bond donors (Lipinski definition) is 1. The first-order valence-electron chi connectivity index (χ1n) is 7.82. The molecule has 2 rings (SSSR count). The first kappa shape index (κ1) is 17.8. The predicted molar refractivity (Wildman–Crippen MR) is 88.3 cm³/mol. The molecule has 1 aromatic heterocycles. The van der Waals surface area contributed by atoms with Gasteiger partial charge in [-0.3, -0.25) is 4.98 Å². The fourth-order valence-electron chi connectivity index (χ4n) is 2.61. The molecule has 0 fully saturated rings. The molecule has 0 aliphatic rings. The van der Waals surface area contributed by atoms with E-state index in [-0.39, 0.29) is 12.1 Å². The first-order chi connectivity index (χ1) is 11.4. The molecule has 0 aliphatic carbocycles. The Morgan fingerprint density at radius 2 is 1.83 bits per heavy atom. The summed E-state index contributed by atoms with van der Waals surface area (Å²) in [6.07, 6.45) is 4.12. The molecule has 0 radical (unpaired) electrons. The Balaban J connectivity index is 2.08. The minimum atomic E-state index is -0.926. The van der Waals surface area contributed by atoms with E-state index in [9.17, 15) is 13.6 Å². The van der Waals surface area contributed by atoms with Gasteiger partial charge in [0.05, 0.1) is 12.1 Å². The summed E-state index contributed by atoms with van der Waals surface area (Å²) in [5.74, 6) is -1.83. The van der Waals surface area contributed by atoms with Gasteiger partial charge in [0.15, 0.2) is 11.6 Å². The van der Waals surface area contributed by atoms with Crippen LogP contribution in [0.3, 0.4) is 0 Å². The van der Waals surface area contributed by atoms with E-state index in [0.29, 0.717) is 5.56 Å². The lowest BCUT2D eigenvalue weighted by Crippen LogP contribution is -2.40. The molecule has 0 saturated carbocycles. The van der Waals surface area contributed by atoms with Gasteiger partial charge in [-0.25, -0.2) is 13.6 Å². The van der Waals surface area contributed by atoms with Crippen molar-refractivity contribution in [3.05, 3.63) is 65.5 Å². The molecule has 0 spiro atoms. The van der Waals surface area contributed by atoms with Gasteiger partial charge in [-0.2, -0.15) is 0 Å². The average Bonchev–Trinajstić information content (AvgIpc) is 2.58. The Morgan fingerprint density at radius 1 is 1.17 bits per heavy atom. The lowest BCUT2D eigenvalue weighted by molar-refractivity contribution is 0.185. The summed E-state index contributed by atoms with van der Waals surface area (Å²) in [5, 5.41) is 2.81. The monoisotopic (exact) mass is 333 g/mol. The third-order valence-electron chi connectivity index (χ3n) is 4.05. The molecule has 1 heterocycles. The molecule has 1 N–H and O–H groups in total. The van der Waals surface area contributed by atoms with Crippen LogP contribution in [0.4, 0.5) is 13.6 Å². The van der Waals surface area contributed by atoms with Crippen molar-refractivity contribution >= 4 is 6.03 Å². The number of urea groups is 1. The molecule has 0 saturated heterocycles. The van der Waals surface area contributed by atoms with Crippen LogP contribution in [0.25, 0.3) is 0 Å². The van der Waals surface area contributed by atoms with Crippen LogP contribution in [0.5, 0.6) is 0 Å². The Morgan fingerprint density at radius 3 is 2.42 bits per heavy atom. The number of hydrogen-bond acceptors (Lipinski definition) is 2. The van der Waals surface area contributed by atoms with E-state index in [1.165, 1.54) is 6.07 Å². The maximum absolute atomic E-state index is 13.3. The van der Waals surface area contributed by atoms with Gasteiger partial charge >= 0.3 is 6.03 Å². The number of carbonyl (C=O) groups excluding carboxylic acids is 1. The Kier molecular flexibility index (Phi) is 5.84. The van der Waals surface area contributed by atoms with Crippen LogP contribution in [0.15, 0.2) is 42.7 Å². The molecular weight excluding hydrogens is 312 g/mol. The number of rotatable bonds is 5. The highest BCUT2D eigenvalue weighted by Crippen LogP contribution is 2.23. The zero-order valence-corrected chi connectivity index (χ0v) is 14.0. The second-order valence-electron chi connectivity index (χ2n) is 5.66. The molecule has 4 nitrogen and oxygen atoms in total. The molecule has 24 heavy (non-hydrogen) atoms. The molecule has 0 bridgehead atoms. The van der Waals surface area contributed by atoms with Gasteiger partial charge in [-0.05, 0) is 48.7 Å². The van der Waals surface area contributed by atoms with Gasteiger partial charge in [-0.1, -0.05) is 13.0 Å². The molecular formula is C18H21F2N3O. The summed E-state index contributed by atoms with van der Waals surface area (Å²) < 4.78 is 26.4. The van der Waals surface area contributed by atoms with E-state index >= 15 is 0 Å². The Hall–Kier alpha value is -2.50. The van der Waals surface area contributed by atoms with Gasteiger partial charge in [-0.15, -0.1) is 0 Å². The van der Waals surface area contributed by atoms with Gasteiger partial charge in [0.2, 0.25) is 0 Å². The van der Waals surface area contributed by atoms with Crippen molar-refractivity contribution in [2.24, 2.45) is 0 Å².